The maximum absolute atomic E-state index is 9.42. The Kier molecular flexibility index (Phi) is 5.85. The van der Waals surface area contributed by atoms with Gasteiger partial charge in [-0.2, -0.15) is 5.26 Å². The summed E-state index contributed by atoms with van der Waals surface area (Å²) in [6, 6.07) is 20.4. The van der Waals surface area contributed by atoms with Gasteiger partial charge in [0.1, 0.15) is 5.75 Å². The van der Waals surface area contributed by atoms with Gasteiger partial charge in [-0.25, -0.2) is 0 Å². The zero-order valence-corrected chi connectivity index (χ0v) is 13.2. The van der Waals surface area contributed by atoms with Crippen LogP contribution in [0.15, 0.2) is 54.6 Å². The zero-order chi connectivity index (χ0) is 15.8. The van der Waals surface area contributed by atoms with Crippen molar-refractivity contribution in [2.75, 3.05) is 25.6 Å². The van der Waals surface area contributed by atoms with Crippen molar-refractivity contribution in [3.8, 4) is 11.8 Å². The topological polar surface area (TPSA) is 36.3 Å². The second-order valence-electron chi connectivity index (χ2n) is 5.47. The van der Waals surface area contributed by atoms with E-state index in [-0.39, 0.29) is 5.92 Å². The molecule has 0 fully saturated rings. The number of nitrogens with zero attached hydrogens (tertiary/aromatic N) is 2. The molecular formula is C19H22N2O. The standard InChI is InChI=1S/C19H22N2O/c1-21(2)18-10-6-8-16(14-18)17(15-20)9-7-13-22-19-11-4-3-5-12-19/h3-6,8,10-12,14,17H,7,9,13H2,1-2H3. The first-order chi connectivity index (χ1) is 10.7. The van der Waals surface area contributed by atoms with Crippen LogP contribution in [-0.2, 0) is 0 Å². The third-order valence-electron chi connectivity index (χ3n) is 3.59. The van der Waals surface area contributed by atoms with Crippen molar-refractivity contribution in [3.63, 3.8) is 0 Å². The minimum absolute atomic E-state index is 0.0840. The van der Waals surface area contributed by atoms with E-state index >= 15 is 0 Å². The molecule has 0 aliphatic rings. The number of anilines is 1. The quantitative estimate of drug-likeness (QED) is 0.717. The van der Waals surface area contributed by atoms with Gasteiger partial charge in [-0.1, -0.05) is 30.3 Å². The molecule has 1 unspecified atom stereocenters. The van der Waals surface area contributed by atoms with Gasteiger partial charge in [-0.05, 0) is 42.7 Å². The molecule has 114 valence electrons. The van der Waals surface area contributed by atoms with E-state index in [1.165, 1.54) is 0 Å². The molecule has 0 aliphatic heterocycles. The lowest BCUT2D eigenvalue weighted by Gasteiger charge is -2.16. The van der Waals surface area contributed by atoms with Gasteiger partial charge in [-0.3, -0.25) is 0 Å². The van der Waals surface area contributed by atoms with Crippen LogP contribution >= 0.6 is 0 Å². The van der Waals surface area contributed by atoms with Gasteiger partial charge in [0.15, 0.2) is 0 Å². The number of ether oxygens (including phenoxy) is 1. The molecule has 0 radical (unpaired) electrons. The van der Waals surface area contributed by atoms with Crippen LogP contribution in [0.1, 0.15) is 24.3 Å². The largest absolute Gasteiger partial charge is 0.494 e. The maximum Gasteiger partial charge on any atom is 0.119 e. The molecule has 3 heteroatoms. The molecule has 0 heterocycles. The fraction of sp³-hybridized carbons (Fsp3) is 0.316. The van der Waals surface area contributed by atoms with Crippen molar-refractivity contribution in [2.24, 2.45) is 0 Å². The fourth-order valence-electron chi connectivity index (χ4n) is 2.32. The van der Waals surface area contributed by atoms with E-state index in [1.54, 1.807) is 0 Å². The molecule has 2 rings (SSSR count). The highest BCUT2D eigenvalue weighted by Gasteiger charge is 2.11. The molecule has 0 bridgehead atoms. The van der Waals surface area contributed by atoms with Gasteiger partial charge < -0.3 is 9.64 Å². The number of hydrogen-bond donors (Lipinski definition) is 0. The van der Waals surface area contributed by atoms with Crippen LogP contribution in [0.5, 0.6) is 5.75 Å². The SMILES string of the molecule is CN(C)c1cccc(C(C#N)CCCOc2ccccc2)c1. The molecule has 0 spiro atoms. The molecule has 2 aromatic carbocycles. The molecule has 22 heavy (non-hydrogen) atoms. The summed E-state index contributed by atoms with van der Waals surface area (Å²) in [6.07, 6.45) is 1.67. The number of hydrogen-bond acceptors (Lipinski definition) is 3. The Bertz CT molecular complexity index is 617. The zero-order valence-electron chi connectivity index (χ0n) is 13.2. The number of rotatable bonds is 7. The van der Waals surface area contributed by atoms with Crippen molar-refractivity contribution in [3.05, 3.63) is 60.2 Å². The summed E-state index contributed by atoms with van der Waals surface area (Å²) in [5.41, 5.74) is 2.20. The lowest BCUT2D eigenvalue weighted by atomic mass is 9.95. The van der Waals surface area contributed by atoms with Crippen molar-refractivity contribution in [1.82, 2.24) is 0 Å². The van der Waals surface area contributed by atoms with Crippen LogP contribution in [0.25, 0.3) is 0 Å². The fourth-order valence-corrected chi connectivity index (χ4v) is 2.32. The van der Waals surface area contributed by atoms with E-state index < -0.39 is 0 Å². The molecule has 0 amide bonds. The number of para-hydroxylation sites is 1. The van der Waals surface area contributed by atoms with E-state index in [9.17, 15) is 5.26 Å². The third kappa shape index (κ3) is 4.53. The maximum atomic E-state index is 9.42. The molecular weight excluding hydrogens is 272 g/mol. The Balaban J connectivity index is 1.87. The van der Waals surface area contributed by atoms with E-state index in [0.29, 0.717) is 6.61 Å². The number of nitriles is 1. The van der Waals surface area contributed by atoms with Gasteiger partial charge in [0.25, 0.3) is 0 Å². The molecule has 0 aliphatic carbocycles. The second kappa shape index (κ2) is 8.09. The Hall–Kier alpha value is -2.47. The van der Waals surface area contributed by atoms with Crippen molar-refractivity contribution in [2.45, 2.75) is 18.8 Å². The smallest absolute Gasteiger partial charge is 0.119 e. The van der Waals surface area contributed by atoms with Crippen LogP contribution < -0.4 is 9.64 Å². The molecule has 0 saturated heterocycles. The summed E-state index contributed by atoms with van der Waals surface area (Å²) >= 11 is 0. The predicted octanol–water partition coefficient (Wildman–Crippen LogP) is 4.22. The summed E-state index contributed by atoms with van der Waals surface area (Å²) in [5, 5.41) is 9.42. The Labute approximate surface area is 132 Å². The van der Waals surface area contributed by atoms with Crippen LogP contribution in [0.3, 0.4) is 0 Å². The van der Waals surface area contributed by atoms with Crippen LogP contribution in [0.4, 0.5) is 5.69 Å². The average Bonchev–Trinajstić information content (AvgIpc) is 2.56. The Morgan fingerprint density at radius 3 is 2.55 bits per heavy atom. The first-order valence-corrected chi connectivity index (χ1v) is 7.55. The van der Waals surface area contributed by atoms with E-state index in [1.807, 2.05) is 56.6 Å². The van der Waals surface area contributed by atoms with E-state index in [0.717, 1.165) is 29.8 Å². The van der Waals surface area contributed by atoms with Crippen molar-refractivity contribution >= 4 is 5.69 Å². The molecule has 3 nitrogen and oxygen atoms in total. The molecule has 1 atom stereocenters. The lowest BCUT2D eigenvalue weighted by Crippen LogP contribution is -2.09. The Morgan fingerprint density at radius 2 is 1.86 bits per heavy atom. The van der Waals surface area contributed by atoms with E-state index in [2.05, 4.69) is 23.1 Å². The minimum Gasteiger partial charge on any atom is -0.494 e. The minimum atomic E-state index is -0.0840. The summed E-state index contributed by atoms with van der Waals surface area (Å²) in [4.78, 5) is 2.05. The van der Waals surface area contributed by atoms with Gasteiger partial charge in [0, 0.05) is 19.8 Å². The number of benzene rings is 2. The Morgan fingerprint density at radius 1 is 1.09 bits per heavy atom. The highest BCUT2D eigenvalue weighted by molar-refractivity contribution is 5.48. The van der Waals surface area contributed by atoms with Crippen LogP contribution in [-0.4, -0.2) is 20.7 Å². The molecule has 0 N–H and O–H groups in total. The van der Waals surface area contributed by atoms with Gasteiger partial charge in [0.05, 0.1) is 18.6 Å². The highest BCUT2D eigenvalue weighted by atomic mass is 16.5. The lowest BCUT2D eigenvalue weighted by molar-refractivity contribution is 0.305. The highest BCUT2D eigenvalue weighted by Crippen LogP contribution is 2.24. The van der Waals surface area contributed by atoms with Crippen LogP contribution in [0.2, 0.25) is 0 Å². The molecule has 0 saturated carbocycles. The van der Waals surface area contributed by atoms with Crippen molar-refractivity contribution < 1.29 is 4.74 Å². The summed E-state index contributed by atoms with van der Waals surface area (Å²) in [5.74, 6) is 0.796. The molecule has 2 aromatic rings. The third-order valence-corrected chi connectivity index (χ3v) is 3.59. The monoisotopic (exact) mass is 294 g/mol. The van der Waals surface area contributed by atoms with Crippen LogP contribution in [0, 0.1) is 11.3 Å². The normalized spacial score (nSPS) is 11.5. The van der Waals surface area contributed by atoms with Crippen molar-refractivity contribution in [1.29, 1.82) is 5.26 Å². The van der Waals surface area contributed by atoms with Gasteiger partial charge >= 0.3 is 0 Å². The summed E-state index contributed by atoms with van der Waals surface area (Å²) in [7, 11) is 4.02. The first kappa shape index (κ1) is 15.9. The molecule has 0 aromatic heterocycles. The van der Waals surface area contributed by atoms with E-state index in [4.69, 9.17) is 4.74 Å². The summed E-state index contributed by atoms with van der Waals surface area (Å²) < 4.78 is 5.68. The predicted molar refractivity (Wildman–Crippen MR) is 90.3 cm³/mol. The second-order valence-corrected chi connectivity index (χ2v) is 5.47. The van der Waals surface area contributed by atoms with Gasteiger partial charge in [0.2, 0.25) is 0 Å². The summed E-state index contributed by atoms with van der Waals surface area (Å²) in [6.45, 7) is 0.634. The average molecular weight is 294 g/mol. The first-order valence-electron chi connectivity index (χ1n) is 7.55. The van der Waals surface area contributed by atoms with Gasteiger partial charge in [-0.15, -0.1) is 0 Å².